The number of benzene rings is 1. The van der Waals surface area contributed by atoms with Crippen molar-refractivity contribution in [3.63, 3.8) is 0 Å². The Labute approximate surface area is 182 Å². The van der Waals surface area contributed by atoms with Crippen molar-refractivity contribution in [1.82, 2.24) is 19.7 Å². The number of aliphatic hydroxyl groups excluding tert-OH is 1. The Balaban J connectivity index is 1.43. The van der Waals surface area contributed by atoms with Gasteiger partial charge in [0.05, 0.1) is 12.6 Å². The topological polar surface area (TPSA) is 85.1 Å². The van der Waals surface area contributed by atoms with E-state index in [-0.39, 0.29) is 11.8 Å². The van der Waals surface area contributed by atoms with E-state index in [1.165, 1.54) is 24.5 Å². The highest BCUT2D eigenvalue weighted by molar-refractivity contribution is 6.02. The van der Waals surface area contributed by atoms with E-state index in [1.54, 1.807) is 6.07 Å². The van der Waals surface area contributed by atoms with E-state index in [0.29, 0.717) is 31.2 Å². The lowest BCUT2D eigenvalue weighted by Crippen LogP contribution is -2.49. The predicted octanol–water partition coefficient (Wildman–Crippen LogP) is 1.89. The second-order valence-corrected chi connectivity index (χ2v) is 7.81. The molecular formula is C22H32FN5O3. The summed E-state index contributed by atoms with van der Waals surface area (Å²) in [6.07, 6.45) is 0.974. The van der Waals surface area contributed by atoms with Crippen LogP contribution in [0, 0.1) is 5.82 Å². The number of piperazine rings is 1. The monoisotopic (exact) mass is 433 g/mol. The fourth-order valence-electron chi connectivity index (χ4n) is 3.71. The molecule has 1 aromatic heterocycles. The molecular weight excluding hydrogens is 401 g/mol. The number of carbonyl (C=O) groups is 1. The smallest absolute Gasteiger partial charge is 0.277 e. The molecule has 1 aliphatic heterocycles. The van der Waals surface area contributed by atoms with Crippen LogP contribution >= 0.6 is 0 Å². The number of aliphatic hydroxyl groups is 1. The lowest BCUT2D eigenvalue weighted by Gasteiger charge is -2.35. The maximum atomic E-state index is 13.3. The minimum Gasteiger partial charge on any atom is -0.447 e. The molecule has 8 nitrogen and oxygen atoms in total. The van der Waals surface area contributed by atoms with Crippen molar-refractivity contribution in [2.75, 3.05) is 57.7 Å². The number of halogens is 1. The number of amides is 1. The first kappa shape index (κ1) is 23.3. The molecule has 2 aromatic rings. The summed E-state index contributed by atoms with van der Waals surface area (Å²) >= 11 is 0. The van der Waals surface area contributed by atoms with Crippen LogP contribution in [0.4, 0.5) is 10.1 Å². The SMILES string of the molecule is CCN(CC)C[C@@H](O)CN1CCN(Cc2nc(C(=O)Nc3cccc(F)c3)co2)CC1. The van der Waals surface area contributed by atoms with Gasteiger partial charge in [-0.1, -0.05) is 19.9 Å². The second kappa shape index (κ2) is 11.3. The molecule has 0 aliphatic carbocycles. The number of nitrogens with one attached hydrogen (secondary N) is 1. The number of hydrogen-bond acceptors (Lipinski definition) is 7. The van der Waals surface area contributed by atoms with E-state index in [1.807, 2.05) is 0 Å². The molecule has 9 heteroatoms. The summed E-state index contributed by atoms with van der Waals surface area (Å²) in [5.74, 6) is -0.384. The average Bonchev–Trinajstić information content (AvgIpc) is 3.22. The van der Waals surface area contributed by atoms with Crippen LogP contribution in [0.5, 0.6) is 0 Å². The first-order chi connectivity index (χ1) is 15.0. The summed E-state index contributed by atoms with van der Waals surface area (Å²) in [6.45, 7) is 11.4. The highest BCUT2D eigenvalue weighted by Crippen LogP contribution is 2.13. The highest BCUT2D eigenvalue weighted by atomic mass is 19.1. The zero-order valence-corrected chi connectivity index (χ0v) is 18.3. The Morgan fingerprint density at radius 1 is 1.26 bits per heavy atom. The van der Waals surface area contributed by atoms with Gasteiger partial charge in [-0.25, -0.2) is 9.37 Å². The molecule has 1 aliphatic rings. The number of β-amino-alcohol motifs (C(OH)–C–C–N with tert-alkyl or cyclic N) is 1. The van der Waals surface area contributed by atoms with Crippen LogP contribution in [0.2, 0.25) is 0 Å². The van der Waals surface area contributed by atoms with Crippen molar-refractivity contribution >= 4 is 11.6 Å². The first-order valence-electron chi connectivity index (χ1n) is 10.8. The summed E-state index contributed by atoms with van der Waals surface area (Å²) in [5.41, 5.74) is 0.534. The fraction of sp³-hybridized carbons (Fsp3) is 0.545. The van der Waals surface area contributed by atoms with Gasteiger partial charge in [0.25, 0.3) is 5.91 Å². The van der Waals surface area contributed by atoms with Crippen LogP contribution in [-0.4, -0.2) is 89.2 Å². The van der Waals surface area contributed by atoms with Gasteiger partial charge in [0, 0.05) is 45.0 Å². The number of oxazole rings is 1. The number of anilines is 1. The van der Waals surface area contributed by atoms with Gasteiger partial charge in [0.2, 0.25) is 5.89 Å². The van der Waals surface area contributed by atoms with E-state index in [4.69, 9.17) is 4.42 Å². The molecule has 1 aromatic carbocycles. The lowest BCUT2D eigenvalue weighted by molar-refractivity contribution is 0.0491. The van der Waals surface area contributed by atoms with Gasteiger partial charge in [-0.2, -0.15) is 0 Å². The Morgan fingerprint density at radius 2 is 1.97 bits per heavy atom. The van der Waals surface area contributed by atoms with Gasteiger partial charge in [0.15, 0.2) is 5.69 Å². The van der Waals surface area contributed by atoms with E-state index in [9.17, 15) is 14.3 Å². The van der Waals surface area contributed by atoms with Crippen LogP contribution in [0.1, 0.15) is 30.2 Å². The molecule has 1 amide bonds. The van der Waals surface area contributed by atoms with Crippen molar-refractivity contribution in [1.29, 1.82) is 0 Å². The molecule has 31 heavy (non-hydrogen) atoms. The summed E-state index contributed by atoms with van der Waals surface area (Å²) in [7, 11) is 0. The van der Waals surface area contributed by atoms with Crippen LogP contribution < -0.4 is 5.32 Å². The summed E-state index contributed by atoms with van der Waals surface area (Å²) in [5, 5.41) is 12.9. The average molecular weight is 434 g/mol. The van der Waals surface area contributed by atoms with Crippen molar-refractivity contribution in [2.24, 2.45) is 0 Å². The van der Waals surface area contributed by atoms with Crippen LogP contribution in [0.15, 0.2) is 34.9 Å². The molecule has 0 bridgehead atoms. The number of rotatable bonds is 10. The molecule has 0 spiro atoms. The molecule has 1 atom stereocenters. The van der Waals surface area contributed by atoms with E-state index in [0.717, 1.165) is 39.3 Å². The molecule has 2 heterocycles. The van der Waals surface area contributed by atoms with Gasteiger partial charge in [-0.05, 0) is 31.3 Å². The van der Waals surface area contributed by atoms with Crippen molar-refractivity contribution in [3.8, 4) is 0 Å². The maximum Gasteiger partial charge on any atom is 0.277 e. The summed E-state index contributed by atoms with van der Waals surface area (Å²) < 4.78 is 18.7. The van der Waals surface area contributed by atoms with Gasteiger partial charge in [-0.3, -0.25) is 14.6 Å². The number of likely N-dealkylation sites (N-methyl/N-ethyl adjacent to an activating group) is 1. The number of nitrogens with zero attached hydrogens (tertiary/aromatic N) is 4. The van der Waals surface area contributed by atoms with Gasteiger partial charge < -0.3 is 19.7 Å². The van der Waals surface area contributed by atoms with Crippen LogP contribution in [0.3, 0.4) is 0 Å². The molecule has 3 rings (SSSR count). The molecule has 0 saturated carbocycles. The minimum atomic E-state index is -0.437. The molecule has 0 unspecified atom stereocenters. The molecule has 1 saturated heterocycles. The Kier molecular flexibility index (Phi) is 8.53. The zero-order valence-electron chi connectivity index (χ0n) is 18.3. The van der Waals surface area contributed by atoms with E-state index < -0.39 is 11.7 Å². The van der Waals surface area contributed by atoms with Gasteiger partial charge >= 0.3 is 0 Å². The third kappa shape index (κ3) is 7.10. The normalized spacial score (nSPS) is 16.5. The third-order valence-electron chi connectivity index (χ3n) is 5.52. The Bertz CT molecular complexity index is 834. The molecule has 2 N–H and O–H groups in total. The van der Waals surface area contributed by atoms with Crippen molar-refractivity contribution in [3.05, 3.63) is 47.9 Å². The summed E-state index contributed by atoms with van der Waals surface area (Å²) in [6, 6.07) is 5.70. The largest absolute Gasteiger partial charge is 0.447 e. The van der Waals surface area contributed by atoms with Crippen molar-refractivity contribution in [2.45, 2.75) is 26.5 Å². The van der Waals surface area contributed by atoms with Crippen LogP contribution in [0.25, 0.3) is 0 Å². The van der Waals surface area contributed by atoms with Gasteiger partial charge in [0.1, 0.15) is 12.1 Å². The third-order valence-corrected chi connectivity index (χ3v) is 5.52. The highest BCUT2D eigenvalue weighted by Gasteiger charge is 2.22. The predicted molar refractivity (Wildman–Crippen MR) is 116 cm³/mol. The molecule has 0 radical (unpaired) electrons. The van der Waals surface area contributed by atoms with E-state index in [2.05, 4.69) is 38.8 Å². The van der Waals surface area contributed by atoms with Crippen LogP contribution in [-0.2, 0) is 6.54 Å². The number of hydrogen-bond donors (Lipinski definition) is 2. The maximum absolute atomic E-state index is 13.3. The molecule has 170 valence electrons. The minimum absolute atomic E-state index is 0.164. The van der Waals surface area contributed by atoms with Crippen molar-refractivity contribution < 1.29 is 18.7 Å². The fourth-order valence-corrected chi connectivity index (χ4v) is 3.71. The summed E-state index contributed by atoms with van der Waals surface area (Å²) in [4.78, 5) is 23.3. The number of carbonyl (C=O) groups excluding carboxylic acids is 1. The van der Waals surface area contributed by atoms with E-state index >= 15 is 0 Å². The standard InChI is InChI=1S/C22H32FN5O3/c1-3-26(4-2)13-19(29)14-27-8-10-28(11-9-27)15-21-25-20(16-31-21)22(30)24-18-7-5-6-17(23)12-18/h5-7,12,16,19,29H,3-4,8-11,13-15H2,1-2H3,(H,24,30)/t19-/m1/s1. The quantitative estimate of drug-likeness (QED) is 0.592. The molecule has 1 fully saturated rings. The Morgan fingerprint density at radius 3 is 2.65 bits per heavy atom. The zero-order chi connectivity index (χ0) is 22.2. The number of aromatic nitrogens is 1. The Hall–Kier alpha value is -2.33. The second-order valence-electron chi connectivity index (χ2n) is 7.81. The van der Waals surface area contributed by atoms with Gasteiger partial charge in [-0.15, -0.1) is 0 Å². The first-order valence-corrected chi connectivity index (χ1v) is 10.8. The lowest BCUT2D eigenvalue weighted by atomic mass is 10.2.